The Kier molecular flexibility index (Phi) is 5.90. The zero-order chi connectivity index (χ0) is 16.8. The van der Waals surface area contributed by atoms with Crippen LogP contribution >= 0.6 is 11.3 Å². The van der Waals surface area contributed by atoms with E-state index in [4.69, 9.17) is 5.73 Å². The number of thiophene rings is 1. The van der Waals surface area contributed by atoms with Crippen LogP contribution in [0.1, 0.15) is 35.9 Å². The van der Waals surface area contributed by atoms with Gasteiger partial charge in [0.15, 0.2) is 6.04 Å². The van der Waals surface area contributed by atoms with Gasteiger partial charge in [0.25, 0.3) is 5.91 Å². The number of hydrogen-bond donors (Lipinski definition) is 3. The summed E-state index contributed by atoms with van der Waals surface area (Å²) in [5, 5.41) is 6.10. The average Bonchev–Trinajstić information content (AvgIpc) is 3.06. The molecule has 0 aliphatic heterocycles. The third-order valence-corrected chi connectivity index (χ3v) is 4.69. The molecule has 6 heteroatoms. The van der Waals surface area contributed by atoms with Crippen LogP contribution in [0.25, 0.3) is 0 Å². The van der Waals surface area contributed by atoms with Crippen molar-refractivity contribution >= 4 is 23.3 Å². The van der Waals surface area contributed by atoms with Crippen molar-refractivity contribution < 1.29 is 14.9 Å². The second kappa shape index (κ2) is 7.89. The predicted octanol–water partition coefficient (Wildman–Crippen LogP) is 1.55. The molecule has 2 atom stereocenters. The third-order valence-electron chi connectivity index (χ3n) is 3.74. The zero-order valence-electron chi connectivity index (χ0n) is 13.3. The summed E-state index contributed by atoms with van der Waals surface area (Å²) < 4.78 is 0. The van der Waals surface area contributed by atoms with Crippen LogP contribution in [-0.2, 0) is 11.2 Å². The fourth-order valence-electron chi connectivity index (χ4n) is 2.41. The van der Waals surface area contributed by atoms with Crippen molar-refractivity contribution in [1.82, 2.24) is 5.32 Å². The SMILES string of the molecule is CCc1ccc([C@@H]([NH2+][C@H](C)C(=O)NC(N)=O)c2cccs2)cc1. The lowest BCUT2D eigenvalue weighted by molar-refractivity contribution is -0.704. The number of carbonyl (C=O) groups is 2. The molecule has 0 bridgehead atoms. The Morgan fingerprint density at radius 1 is 1.26 bits per heavy atom. The number of carbonyl (C=O) groups excluding carboxylic acids is 2. The van der Waals surface area contributed by atoms with E-state index in [-0.39, 0.29) is 11.9 Å². The van der Waals surface area contributed by atoms with Crippen LogP contribution in [0, 0.1) is 0 Å². The Bertz CT molecular complexity index is 653. The molecule has 3 amide bonds. The molecular formula is C17H22N3O2S+. The van der Waals surface area contributed by atoms with Gasteiger partial charge in [-0.2, -0.15) is 0 Å². The predicted molar refractivity (Wildman–Crippen MR) is 91.1 cm³/mol. The first kappa shape index (κ1) is 17.2. The van der Waals surface area contributed by atoms with E-state index in [1.165, 1.54) is 5.56 Å². The van der Waals surface area contributed by atoms with Crippen LogP contribution in [0.4, 0.5) is 4.79 Å². The van der Waals surface area contributed by atoms with Gasteiger partial charge in [0, 0.05) is 5.56 Å². The molecule has 5 nitrogen and oxygen atoms in total. The van der Waals surface area contributed by atoms with Gasteiger partial charge >= 0.3 is 6.03 Å². The van der Waals surface area contributed by atoms with Crippen LogP contribution in [-0.4, -0.2) is 18.0 Å². The summed E-state index contributed by atoms with van der Waals surface area (Å²) in [7, 11) is 0. The number of urea groups is 1. The minimum atomic E-state index is -0.824. The van der Waals surface area contributed by atoms with Gasteiger partial charge in [-0.25, -0.2) is 4.79 Å². The molecule has 0 aliphatic carbocycles. The first-order chi connectivity index (χ1) is 11.0. The fraction of sp³-hybridized carbons (Fsp3) is 0.294. The van der Waals surface area contributed by atoms with Crippen LogP contribution in [0.3, 0.4) is 0 Å². The van der Waals surface area contributed by atoms with Crippen molar-refractivity contribution in [2.45, 2.75) is 32.4 Å². The maximum atomic E-state index is 12.0. The van der Waals surface area contributed by atoms with Gasteiger partial charge in [-0.15, -0.1) is 11.3 Å². The summed E-state index contributed by atoms with van der Waals surface area (Å²) in [4.78, 5) is 24.0. The molecule has 23 heavy (non-hydrogen) atoms. The summed E-state index contributed by atoms with van der Waals surface area (Å²) in [5.41, 5.74) is 7.42. The van der Waals surface area contributed by atoms with Crippen molar-refractivity contribution in [3.63, 3.8) is 0 Å². The van der Waals surface area contributed by atoms with Gasteiger partial charge in [-0.3, -0.25) is 10.1 Å². The normalized spacial score (nSPS) is 13.3. The number of hydrogen-bond acceptors (Lipinski definition) is 3. The van der Waals surface area contributed by atoms with Crippen molar-refractivity contribution in [3.8, 4) is 0 Å². The quantitative estimate of drug-likeness (QED) is 0.749. The van der Waals surface area contributed by atoms with E-state index in [0.29, 0.717) is 0 Å². The second-order valence-electron chi connectivity index (χ2n) is 5.42. The standard InChI is InChI=1S/C17H21N3O2S/c1-3-12-6-8-13(9-7-12)15(14-5-4-10-23-14)19-11(2)16(21)20-17(18)22/h4-11,15,19H,3H2,1-2H3,(H3,18,20,21,22)/p+1/t11-,15-/m1/s1. The number of quaternary nitrogens is 1. The van der Waals surface area contributed by atoms with Gasteiger partial charge in [0.2, 0.25) is 0 Å². The first-order valence-electron chi connectivity index (χ1n) is 7.58. The molecule has 0 aliphatic rings. The second-order valence-corrected chi connectivity index (χ2v) is 6.40. The van der Waals surface area contributed by atoms with Crippen LogP contribution in [0.15, 0.2) is 41.8 Å². The highest BCUT2D eigenvalue weighted by Gasteiger charge is 2.26. The fourth-order valence-corrected chi connectivity index (χ4v) is 3.24. The third kappa shape index (κ3) is 4.64. The number of aryl methyl sites for hydroxylation is 1. The number of imide groups is 1. The molecular weight excluding hydrogens is 310 g/mol. The molecule has 0 saturated carbocycles. The van der Waals surface area contributed by atoms with E-state index in [2.05, 4.69) is 42.6 Å². The molecule has 0 fully saturated rings. The number of nitrogens with one attached hydrogen (secondary N) is 1. The van der Waals surface area contributed by atoms with Crippen molar-refractivity contribution in [2.75, 3.05) is 0 Å². The molecule has 2 aromatic rings. The molecule has 1 aromatic heterocycles. The van der Waals surface area contributed by atoms with Gasteiger partial charge in [-0.1, -0.05) is 37.3 Å². The van der Waals surface area contributed by atoms with E-state index < -0.39 is 12.1 Å². The highest BCUT2D eigenvalue weighted by atomic mass is 32.1. The topological polar surface area (TPSA) is 88.8 Å². The van der Waals surface area contributed by atoms with Crippen molar-refractivity contribution in [3.05, 3.63) is 57.8 Å². The molecule has 0 spiro atoms. The Labute approximate surface area is 139 Å². The molecule has 122 valence electrons. The zero-order valence-corrected chi connectivity index (χ0v) is 14.1. The Hall–Kier alpha value is -2.18. The van der Waals surface area contributed by atoms with Gasteiger partial charge in [0.1, 0.15) is 6.04 Å². The highest BCUT2D eigenvalue weighted by Crippen LogP contribution is 2.23. The minimum Gasteiger partial charge on any atom is -0.351 e. The maximum Gasteiger partial charge on any atom is 0.319 e. The lowest BCUT2D eigenvalue weighted by atomic mass is 10.0. The van der Waals surface area contributed by atoms with Crippen molar-refractivity contribution in [1.29, 1.82) is 0 Å². The lowest BCUT2D eigenvalue weighted by Crippen LogP contribution is -2.92. The number of amides is 3. The Morgan fingerprint density at radius 2 is 1.96 bits per heavy atom. The number of primary amides is 1. The Morgan fingerprint density at radius 3 is 2.48 bits per heavy atom. The summed E-state index contributed by atoms with van der Waals surface area (Å²) in [6, 6.07) is 11.2. The van der Waals surface area contributed by atoms with Crippen LogP contribution in [0.5, 0.6) is 0 Å². The molecule has 1 heterocycles. The highest BCUT2D eigenvalue weighted by molar-refractivity contribution is 7.10. The minimum absolute atomic E-state index is 0.00883. The van der Waals surface area contributed by atoms with E-state index >= 15 is 0 Å². The Balaban J connectivity index is 2.21. The summed E-state index contributed by atoms with van der Waals surface area (Å²) in [6.45, 7) is 3.88. The maximum absolute atomic E-state index is 12.0. The van der Waals surface area contributed by atoms with E-state index in [0.717, 1.165) is 16.9 Å². The van der Waals surface area contributed by atoms with Crippen LogP contribution in [0.2, 0.25) is 0 Å². The summed E-state index contributed by atoms with van der Waals surface area (Å²) in [6.07, 6.45) is 0.991. The lowest BCUT2D eigenvalue weighted by Gasteiger charge is -2.19. The molecule has 5 N–H and O–H groups in total. The van der Waals surface area contributed by atoms with E-state index in [1.807, 2.05) is 16.8 Å². The molecule has 1 aromatic carbocycles. The molecule has 2 rings (SSSR count). The van der Waals surface area contributed by atoms with E-state index in [9.17, 15) is 9.59 Å². The monoisotopic (exact) mass is 332 g/mol. The van der Waals surface area contributed by atoms with E-state index in [1.54, 1.807) is 18.3 Å². The average molecular weight is 332 g/mol. The smallest absolute Gasteiger partial charge is 0.319 e. The van der Waals surface area contributed by atoms with Gasteiger partial charge in [0.05, 0.1) is 4.88 Å². The van der Waals surface area contributed by atoms with Gasteiger partial charge < -0.3 is 11.1 Å². The van der Waals surface area contributed by atoms with Crippen molar-refractivity contribution in [2.24, 2.45) is 5.73 Å². The molecule has 0 saturated heterocycles. The largest absolute Gasteiger partial charge is 0.351 e. The number of benzene rings is 1. The molecule has 0 unspecified atom stereocenters. The van der Waals surface area contributed by atoms with Crippen LogP contribution < -0.4 is 16.4 Å². The summed E-state index contributed by atoms with van der Waals surface area (Å²) >= 11 is 1.65. The number of nitrogens with two attached hydrogens (primary N) is 2. The summed E-state index contributed by atoms with van der Waals surface area (Å²) in [5.74, 6) is -0.385. The molecule has 0 radical (unpaired) electrons. The first-order valence-corrected chi connectivity index (χ1v) is 8.46. The number of rotatable bonds is 6. The van der Waals surface area contributed by atoms with Gasteiger partial charge in [-0.05, 0) is 30.4 Å².